The number of piperazine rings is 1. The first-order chi connectivity index (χ1) is 20.4. The summed E-state index contributed by atoms with van der Waals surface area (Å²) in [7, 11) is 2.13. The fourth-order valence-corrected chi connectivity index (χ4v) is 4.77. The number of halogens is 5. The van der Waals surface area contributed by atoms with Crippen LogP contribution in [0.25, 0.3) is 16.7 Å². The van der Waals surface area contributed by atoms with Gasteiger partial charge in [-0.15, -0.1) is 0 Å². The van der Waals surface area contributed by atoms with E-state index < -0.39 is 12.1 Å². The Bertz CT molecular complexity index is 1570. The number of aliphatic carboxylic acids is 1. The number of hydrogen-bond acceptors (Lipinski definition) is 7. The Labute approximate surface area is 255 Å². The third kappa shape index (κ3) is 8.35. The quantitative estimate of drug-likeness (QED) is 0.257. The molecule has 43 heavy (non-hydrogen) atoms. The van der Waals surface area contributed by atoms with Crippen LogP contribution in [0.15, 0.2) is 60.9 Å². The monoisotopic (exact) mass is 637 g/mol. The van der Waals surface area contributed by atoms with E-state index in [-0.39, 0.29) is 5.91 Å². The average Bonchev–Trinajstić information content (AvgIpc) is 3.39. The maximum Gasteiger partial charge on any atom is 0.490 e. The maximum atomic E-state index is 13.1. The molecule has 0 unspecified atom stereocenters. The van der Waals surface area contributed by atoms with Gasteiger partial charge < -0.3 is 20.6 Å². The highest BCUT2D eigenvalue weighted by Gasteiger charge is 2.38. The van der Waals surface area contributed by atoms with E-state index in [0.717, 1.165) is 49.3 Å². The minimum atomic E-state index is -5.08. The van der Waals surface area contributed by atoms with Crippen LogP contribution in [-0.2, 0) is 4.79 Å². The Morgan fingerprint density at radius 1 is 1.02 bits per heavy atom. The van der Waals surface area contributed by atoms with E-state index in [9.17, 15) is 18.0 Å². The summed E-state index contributed by atoms with van der Waals surface area (Å²) < 4.78 is 33.4. The molecule has 3 N–H and O–H groups in total. The lowest BCUT2D eigenvalue weighted by Crippen LogP contribution is -2.46. The molecule has 228 valence electrons. The summed E-state index contributed by atoms with van der Waals surface area (Å²) in [4.78, 5) is 31.1. The summed E-state index contributed by atoms with van der Waals surface area (Å²) in [6, 6.07) is 14.7. The van der Waals surface area contributed by atoms with Gasteiger partial charge in [-0.2, -0.15) is 18.3 Å². The number of pyridine rings is 1. The number of amides is 1. The minimum absolute atomic E-state index is 0.164. The second kappa shape index (κ2) is 14.0. The molecule has 3 heterocycles. The standard InChI is InChI=1S/C26H27Cl2N7O.C2HF3O2/c1-33-12-14-34(15-13-33)11-10-30-26(36)20-4-3-9-29-25(20)35-23-8-7-19(16-18(23)17-31-35)32-24-21(27)5-2-6-22(24)28;3-2(4,5)1(6)7/h2-9,16-17,32H,10-15H2,1H3,(H,30,36);(H,6,7). The second-order valence-corrected chi connectivity index (χ2v) is 10.4. The minimum Gasteiger partial charge on any atom is -0.475 e. The number of anilines is 2. The van der Waals surface area contributed by atoms with Crippen molar-refractivity contribution >= 4 is 57.4 Å². The van der Waals surface area contributed by atoms with Crippen LogP contribution in [-0.4, -0.2) is 94.0 Å². The molecule has 1 aliphatic rings. The zero-order chi connectivity index (χ0) is 31.1. The predicted octanol–water partition coefficient (Wildman–Crippen LogP) is 5.08. The summed E-state index contributed by atoms with van der Waals surface area (Å²) in [6.45, 7) is 5.54. The number of carboxylic acid groups (broad SMARTS) is 1. The first-order valence-electron chi connectivity index (χ1n) is 13.1. The highest BCUT2D eigenvalue weighted by atomic mass is 35.5. The van der Waals surface area contributed by atoms with E-state index in [2.05, 4.69) is 37.6 Å². The SMILES string of the molecule is CN1CCN(CCNC(=O)c2cccnc2-n2ncc3cc(Nc4c(Cl)cccc4Cl)ccc32)CC1.O=C(O)C(F)(F)F. The molecule has 2 aromatic carbocycles. The Kier molecular flexibility index (Phi) is 10.5. The van der Waals surface area contributed by atoms with E-state index >= 15 is 0 Å². The molecule has 5 rings (SSSR count). The number of benzene rings is 2. The molecule has 2 aromatic heterocycles. The molecule has 1 amide bonds. The van der Waals surface area contributed by atoms with E-state index in [1.807, 2.05) is 18.2 Å². The molecule has 0 atom stereocenters. The van der Waals surface area contributed by atoms with Crippen LogP contribution in [0.2, 0.25) is 10.0 Å². The summed E-state index contributed by atoms with van der Waals surface area (Å²) in [6.07, 6.45) is -1.67. The third-order valence-corrected chi connectivity index (χ3v) is 7.21. The van der Waals surface area contributed by atoms with Gasteiger partial charge in [-0.25, -0.2) is 14.5 Å². The number of alkyl halides is 3. The number of nitrogens with zero attached hydrogens (tertiary/aromatic N) is 5. The molecule has 1 fully saturated rings. The predicted molar refractivity (Wildman–Crippen MR) is 159 cm³/mol. The molecule has 0 aliphatic carbocycles. The Morgan fingerprint density at radius 2 is 1.70 bits per heavy atom. The van der Waals surface area contributed by atoms with Crippen molar-refractivity contribution in [1.29, 1.82) is 0 Å². The van der Waals surface area contributed by atoms with Gasteiger partial charge in [0.15, 0.2) is 5.82 Å². The number of nitrogens with one attached hydrogen (secondary N) is 2. The van der Waals surface area contributed by atoms with Gasteiger partial charge in [0.05, 0.1) is 33.0 Å². The topological polar surface area (TPSA) is 116 Å². The van der Waals surface area contributed by atoms with Gasteiger partial charge >= 0.3 is 12.1 Å². The van der Waals surface area contributed by atoms with Crippen molar-refractivity contribution in [2.24, 2.45) is 0 Å². The molecule has 0 bridgehead atoms. The average molecular weight is 638 g/mol. The number of rotatable bonds is 7. The van der Waals surface area contributed by atoms with Gasteiger partial charge in [-0.3, -0.25) is 9.69 Å². The Hall–Kier alpha value is -3.91. The zero-order valence-corrected chi connectivity index (χ0v) is 24.4. The zero-order valence-electron chi connectivity index (χ0n) is 22.9. The van der Waals surface area contributed by atoms with Gasteiger partial charge in [0.2, 0.25) is 0 Å². The molecular formula is C28H28Cl2F3N7O3. The fraction of sp³-hybridized carbons (Fsp3) is 0.286. The number of aromatic nitrogens is 3. The molecule has 15 heteroatoms. The lowest BCUT2D eigenvalue weighted by Gasteiger charge is -2.32. The van der Waals surface area contributed by atoms with Crippen molar-refractivity contribution in [2.45, 2.75) is 6.18 Å². The maximum absolute atomic E-state index is 13.1. The van der Waals surface area contributed by atoms with Gasteiger partial charge in [-0.1, -0.05) is 29.3 Å². The number of likely N-dealkylation sites (N-methyl/N-ethyl adjacent to an activating group) is 1. The number of para-hydroxylation sites is 1. The second-order valence-electron chi connectivity index (χ2n) is 9.63. The van der Waals surface area contributed by atoms with Crippen molar-refractivity contribution in [3.63, 3.8) is 0 Å². The number of carboxylic acids is 1. The van der Waals surface area contributed by atoms with Crippen LogP contribution in [0.5, 0.6) is 0 Å². The normalized spacial score (nSPS) is 14.2. The smallest absolute Gasteiger partial charge is 0.475 e. The highest BCUT2D eigenvalue weighted by Crippen LogP contribution is 2.33. The molecular weight excluding hydrogens is 610 g/mol. The van der Waals surface area contributed by atoms with Crippen molar-refractivity contribution < 1.29 is 27.9 Å². The molecule has 10 nitrogen and oxygen atoms in total. The Morgan fingerprint density at radius 3 is 2.35 bits per heavy atom. The van der Waals surface area contributed by atoms with E-state index in [0.29, 0.717) is 33.7 Å². The Balaban J connectivity index is 0.000000541. The number of carbonyl (C=O) groups excluding carboxylic acids is 1. The third-order valence-electron chi connectivity index (χ3n) is 6.58. The van der Waals surface area contributed by atoms with Crippen LogP contribution in [0.1, 0.15) is 10.4 Å². The van der Waals surface area contributed by atoms with Crippen LogP contribution >= 0.6 is 23.2 Å². The van der Waals surface area contributed by atoms with Crippen LogP contribution in [0.3, 0.4) is 0 Å². The lowest BCUT2D eigenvalue weighted by atomic mass is 10.2. The summed E-state index contributed by atoms with van der Waals surface area (Å²) >= 11 is 12.6. The van der Waals surface area contributed by atoms with Crippen LogP contribution < -0.4 is 10.6 Å². The van der Waals surface area contributed by atoms with Crippen molar-refractivity contribution in [3.05, 3.63) is 76.5 Å². The summed E-state index contributed by atoms with van der Waals surface area (Å²) in [5, 5.41) is 19.9. The first kappa shape index (κ1) is 32.0. The summed E-state index contributed by atoms with van der Waals surface area (Å²) in [5.41, 5.74) is 2.77. The number of hydrogen-bond donors (Lipinski definition) is 3. The number of fused-ring (bicyclic) bond motifs is 1. The molecule has 0 radical (unpaired) electrons. The molecule has 1 saturated heterocycles. The molecule has 0 saturated carbocycles. The number of carbonyl (C=O) groups is 2. The van der Waals surface area contributed by atoms with Gasteiger partial charge in [0.25, 0.3) is 5.91 Å². The molecule has 1 aliphatic heterocycles. The van der Waals surface area contributed by atoms with E-state index in [1.54, 1.807) is 47.4 Å². The van der Waals surface area contributed by atoms with Crippen LogP contribution in [0.4, 0.5) is 24.5 Å². The highest BCUT2D eigenvalue weighted by molar-refractivity contribution is 6.39. The van der Waals surface area contributed by atoms with Crippen molar-refractivity contribution in [1.82, 2.24) is 29.9 Å². The van der Waals surface area contributed by atoms with Gasteiger partial charge in [0.1, 0.15) is 0 Å². The lowest BCUT2D eigenvalue weighted by molar-refractivity contribution is -0.192. The fourth-order valence-electron chi connectivity index (χ4n) is 4.28. The largest absolute Gasteiger partial charge is 0.490 e. The van der Waals surface area contributed by atoms with Crippen molar-refractivity contribution in [3.8, 4) is 5.82 Å². The van der Waals surface area contributed by atoms with E-state index in [4.69, 9.17) is 33.1 Å². The van der Waals surface area contributed by atoms with Gasteiger partial charge in [-0.05, 0) is 49.5 Å². The molecule has 0 spiro atoms. The van der Waals surface area contributed by atoms with E-state index in [1.165, 1.54) is 0 Å². The first-order valence-corrected chi connectivity index (χ1v) is 13.8. The van der Waals surface area contributed by atoms with Gasteiger partial charge in [0, 0.05) is 56.5 Å². The van der Waals surface area contributed by atoms with Crippen LogP contribution in [0, 0.1) is 0 Å². The van der Waals surface area contributed by atoms with Crippen molar-refractivity contribution in [2.75, 3.05) is 51.6 Å². The summed E-state index contributed by atoms with van der Waals surface area (Å²) in [5.74, 6) is -2.44. The molecule has 4 aromatic rings.